The fourth-order valence-electron chi connectivity index (χ4n) is 2.16. The van der Waals surface area contributed by atoms with Crippen molar-refractivity contribution in [2.24, 2.45) is 5.92 Å². The average Bonchev–Trinajstić information content (AvgIpc) is 2.24. The van der Waals surface area contributed by atoms with Gasteiger partial charge in [0.25, 0.3) is 0 Å². The smallest absolute Gasteiger partial charge is 0.238 e. The first-order valence-corrected chi connectivity index (χ1v) is 8.77. The third-order valence-electron chi connectivity index (χ3n) is 3.88. The Bertz CT molecular complexity index is 257. The molecule has 0 fully saturated rings. The lowest BCUT2D eigenvalue weighted by atomic mass is 10.1. The van der Waals surface area contributed by atoms with Crippen molar-refractivity contribution < 1.29 is 4.79 Å². The van der Waals surface area contributed by atoms with Gasteiger partial charge in [0, 0.05) is 5.57 Å². The Balaban J connectivity index is 4.95. The van der Waals surface area contributed by atoms with Gasteiger partial charge in [-0.25, -0.2) is 0 Å². The number of hydrogen-bond donors (Lipinski definition) is 1. The third kappa shape index (κ3) is 3.48. The van der Waals surface area contributed by atoms with Crippen molar-refractivity contribution in [2.45, 2.75) is 59.2 Å². The SMILES string of the molecule is C=C(C)C(=O)N[Si](CC)(CC)C(C)C(C)C. The quantitative estimate of drug-likeness (QED) is 0.557. The molecule has 2 nitrogen and oxygen atoms in total. The highest BCUT2D eigenvalue weighted by molar-refractivity contribution is 6.80. The first kappa shape index (κ1) is 15.4. The molecule has 0 aliphatic heterocycles. The predicted molar refractivity (Wildman–Crippen MR) is 73.9 cm³/mol. The van der Waals surface area contributed by atoms with Crippen LogP contribution in [-0.2, 0) is 4.79 Å². The van der Waals surface area contributed by atoms with Gasteiger partial charge in [-0.05, 0) is 30.5 Å². The summed E-state index contributed by atoms with van der Waals surface area (Å²) in [7, 11) is -1.70. The molecule has 0 spiro atoms. The van der Waals surface area contributed by atoms with E-state index in [1.807, 2.05) is 0 Å². The lowest BCUT2D eigenvalue weighted by Crippen LogP contribution is -2.56. The molecule has 0 aliphatic rings. The van der Waals surface area contributed by atoms with Gasteiger partial charge in [0.2, 0.25) is 5.91 Å². The van der Waals surface area contributed by atoms with Gasteiger partial charge in [-0.3, -0.25) is 4.79 Å². The molecule has 0 saturated heterocycles. The van der Waals surface area contributed by atoms with Crippen molar-refractivity contribution in [1.29, 1.82) is 0 Å². The fourth-order valence-corrected chi connectivity index (χ4v) is 6.47. The van der Waals surface area contributed by atoms with Crippen LogP contribution in [0.5, 0.6) is 0 Å². The standard InChI is InChI=1S/C13H27NOSi/c1-8-16(9-2,12(7)10(3)4)14-13(15)11(5)6/h10,12H,5,8-9H2,1-4,6-7H3,(H,14,15). The Morgan fingerprint density at radius 3 is 1.94 bits per heavy atom. The highest BCUT2D eigenvalue weighted by Gasteiger charge is 2.38. The number of carbonyl (C=O) groups is 1. The van der Waals surface area contributed by atoms with Gasteiger partial charge >= 0.3 is 0 Å². The summed E-state index contributed by atoms with van der Waals surface area (Å²) >= 11 is 0. The largest absolute Gasteiger partial charge is 0.378 e. The Hall–Kier alpha value is -0.573. The molecule has 0 aromatic rings. The average molecular weight is 241 g/mol. The molecule has 0 aromatic heterocycles. The van der Waals surface area contributed by atoms with Crippen molar-refractivity contribution in [3.63, 3.8) is 0 Å². The van der Waals surface area contributed by atoms with Crippen LogP contribution in [0.3, 0.4) is 0 Å². The fraction of sp³-hybridized carbons (Fsp3) is 0.769. The van der Waals surface area contributed by atoms with Crippen LogP contribution in [0.1, 0.15) is 41.5 Å². The van der Waals surface area contributed by atoms with Gasteiger partial charge in [0.1, 0.15) is 0 Å². The summed E-state index contributed by atoms with van der Waals surface area (Å²) < 4.78 is 0. The van der Waals surface area contributed by atoms with E-state index >= 15 is 0 Å². The van der Waals surface area contributed by atoms with Gasteiger partial charge in [-0.15, -0.1) is 0 Å². The van der Waals surface area contributed by atoms with Crippen molar-refractivity contribution in [1.82, 2.24) is 4.98 Å². The summed E-state index contributed by atoms with van der Waals surface area (Å²) in [5.41, 5.74) is 1.22. The van der Waals surface area contributed by atoms with Gasteiger partial charge in [0.15, 0.2) is 8.24 Å². The maximum absolute atomic E-state index is 11.8. The third-order valence-corrected chi connectivity index (χ3v) is 9.54. The van der Waals surface area contributed by atoms with E-state index in [0.717, 1.165) is 12.1 Å². The van der Waals surface area contributed by atoms with Crippen LogP contribution >= 0.6 is 0 Å². The normalized spacial score (nSPS) is 13.7. The molecule has 1 amide bonds. The zero-order valence-corrected chi connectivity index (χ0v) is 12.7. The second kappa shape index (κ2) is 6.23. The number of rotatable bonds is 6. The van der Waals surface area contributed by atoms with E-state index < -0.39 is 8.24 Å². The van der Waals surface area contributed by atoms with E-state index in [2.05, 4.69) is 46.2 Å². The first-order valence-electron chi connectivity index (χ1n) is 6.28. The summed E-state index contributed by atoms with van der Waals surface area (Å²) in [6, 6.07) is 2.20. The molecule has 3 heteroatoms. The second-order valence-electron chi connectivity index (χ2n) is 5.13. The summed E-state index contributed by atoms with van der Waals surface area (Å²) in [5.74, 6) is 0.667. The van der Waals surface area contributed by atoms with Crippen molar-refractivity contribution in [3.05, 3.63) is 12.2 Å². The molecule has 16 heavy (non-hydrogen) atoms. The van der Waals surface area contributed by atoms with Gasteiger partial charge in [0.05, 0.1) is 0 Å². The molecular formula is C13H27NOSi. The van der Waals surface area contributed by atoms with E-state index in [1.165, 1.54) is 0 Å². The number of carbonyl (C=O) groups excluding carboxylic acids is 1. The first-order chi connectivity index (χ1) is 7.30. The second-order valence-corrected chi connectivity index (χ2v) is 10.0. The topological polar surface area (TPSA) is 29.1 Å². The molecule has 1 unspecified atom stereocenters. The number of amides is 1. The zero-order chi connectivity index (χ0) is 12.9. The van der Waals surface area contributed by atoms with E-state index in [1.54, 1.807) is 6.92 Å². The molecule has 0 bridgehead atoms. The highest BCUT2D eigenvalue weighted by Crippen LogP contribution is 2.33. The van der Waals surface area contributed by atoms with Crippen LogP contribution in [0.4, 0.5) is 0 Å². The maximum atomic E-state index is 11.8. The lowest BCUT2D eigenvalue weighted by molar-refractivity contribution is -0.116. The van der Waals surface area contributed by atoms with Crippen LogP contribution in [0.15, 0.2) is 12.2 Å². The van der Waals surface area contributed by atoms with Gasteiger partial charge in [-0.2, -0.15) is 0 Å². The molecule has 1 atom stereocenters. The zero-order valence-electron chi connectivity index (χ0n) is 11.7. The minimum Gasteiger partial charge on any atom is -0.378 e. The Labute approximate surface area is 102 Å². The van der Waals surface area contributed by atoms with Crippen molar-refractivity contribution in [3.8, 4) is 0 Å². The molecular weight excluding hydrogens is 214 g/mol. The molecule has 0 radical (unpaired) electrons. The van der Waals surface area contributed by atoms with Crippen LogP contribution < -0.4 is 4.98 Å². The van der Waals surface area contributed by atoms with Gasteiger partial charge < -0.3 is 4.98 Å². The van der Waals surface area contributed by atoms with E-state index in [4.69, 9.17) is 0 Å². The Kier molecular flexibility index (Phi) is 6.01. The maximum Gasteiger partial charge on any atom is 0.238 e. The molecule has 0 aliphatic carbocycles. The number of nitrogens with one attached hydrogen (secondary N) is 1. The molecule has 94 valence electrons. The molecule has 0 saturated carbocycles. The Morgan fingerprint density at radius 2 is 1.69 bits per heavy atom. The van der Waals surface area contributed by atoms with E-state index in [-0.39, 0.29) is 5.91 Å². The van der Waals surface area contributed by atoms with Crippen LogP contribution in [0.25, 0.3) is 0 Å². The molecule has 0 heterocycles. The molecule has 0 aromatic carbocycles. The highest BCUT2D eigenvalue weighted by atomic mass is 28.3. The molecule has 0 rings (SSSR count). The van der Waals surface area contributed by atoms with Crippen molar-refractivity contribution in [2.75, 3.05) is 0 Å². The monoisotopic (exact) mass is 241 g/mol. The lowest BCUT2D eigenvalue weighted by Gasteiger charge is -2.38. The van der Waals surface area contributed by atoms with E-state index in [0.29, 0.717) is 17.0 Å². The minimum atomic E-state index is -1.70. The van der Waals surface area contributed by atoms with E-state index in [9.17, 15) is 4.79 Å². The summed E-state index contributed by atoms with van der Waals surface area (Å²) in [6.45, 7) is 16.7. The summed E-state index contributed by atoms with van der Waals surface area (Å²) in [5, 5.41) is 0. The summed E-state index contributed by atoms with van der Waals surface area (Å²) in [6.07, 6.45) is 0. The van der Waals surface area contributed by atoms with Crippen molar-refractivity contribution >= 4 is 14.1 Å². The minimum absolute atomic E-state index is 0.0443. The Morgan fingerprint density at radius 1 is 1.25 bits per heavy atom. The van der Waals surface area contributed by atoms with Gasteiger partial charge in [-0.1, -0.05) is 41.2 Å². The molecule has 1 N–H and O–H groups in total. The summed E-state index contributed by atoms with van der Waals surface area (Å²) in [4.78, 5) is 15.1. The van der Waals surface area contributed by atoms with Crippen LogP contribution in [0.2, 0.25) is 17.6 Å². The van der Waals surface area contributed by atoms with Crippen LogP contribution in [0, 0.1) is 5.92 Å². The number of hydrogen-bond acceptors (Lipinski definition) is 1. The predicted octanol–water partition coefficient (Wildman–Crippen LogP) is 3.71. The van der Waals surface area contributed by atoms with Crippen LogP contribution in [-0.4, -0.2) is 14.1 Å².